The molecular weight excluding hydrogens is 204 g/mol. The van der Waals surface area contributed by atoms with Crippen molar-refractivity contribution in [3.05, 3.63) is 0 Å². The van der Waals surface area contributed by atoms with E-state index in [-0.39, 0.29) is 19.3 Å². The van der Waals surface area contributed by atoms with Crippen molar-refractivity contribution in [1.29, 1.82) is 0 Å². The lowest BCUT2D eigenvalue weighted by atomic mass is 9.84. The number of rotatable bonds is 0. The molecule has 0 aromatic rings. The number of hydrogen-bond donors (Lipinski definition) is 1. The number of fused-ring (bicyclic) bond motifs is 1. The van der Waals surface area contributed by atoms with Gasteiger partial charge in [-0.1, -0.05) is 0 Å². The van der Waals surface area contributed by atoms with Crippen LogP contribution in [-0.4, -0.2) is 34.2 Å². The Morgan fingerprint density at radius 2 is 1.87 bits per heavy atom. The molecule has 1 aliphatic carbocycles. The molecule has 0 aromatic carbocycles. The molecule has 0 amide bonds. The van der Waals surface area contributed by atoms with E-state index in [0.29, 0.717) is 0 Å². The van der Waals surface area contributed by atoms with Gasteiger partial charge in [-0.15, -0.1) is 0 Å². The number of cyclic esters (lactones) is 2. The van der Waals surface area contributed by atoms with E-state index in [1.807, 2.05) is 0 Å². The van der Waals surface area contributed by atoms with E-state index in [4.69, 9.17) is 0 Å². The van der Waals surface area contributed by atoms with Gasteiger partial charge in [-0.25, -0.2) is 4.79 Å². The average molecular weight is 212 g/mol. The first-order valence-electron chi connectivity index (χ1n) is 4.52. The minimum atomic E-state index is -2.56. The first-order valence-corrected chi connectivity index (χ1v) is 4.52. The smallest absolute Gasteiger partial charge is 0.355 e. The summed E-state index contributed by atoms with van der Waals surface area (Å²) in [5, 5.41) is 9.80. The summed E-state index contributed by atoms with van der Waals surface area (Å²) < 4.78 is 4.14. The molecule has 15 heavy (non-hydrogen) atoms. The predicted molar refractivity (Wildman–Crippen MR) is 43.4 cm³/mol. The normalized spacial score (nSPS) is 36.2. The number of aliphatic hydroxyl groups is 1. The lowest BCUT2D eigenvalue weighted by Crippen LogP contribution is -2.50. The van der Waals surface area contributed by atoms with Crippen LogP contribution < -0.4 is 0 Å². The van der Waals surface area contributed by atoms with Crippen molar-refractivity contribution < 1.29 is 29.0 Å². The SMILES string of the molecule is O=C1CCCC(=O)C2(O)C(=O)OC(=O)C12. The summed E-state index contributed by atoms with van der Waals surface area (Å²) in [4.78, 5) is 45.2. The van der Waals surface area contributed by atoms with Crippen molar-refractivity contribution in [3.63, 3.8) is 0 Å². The molecule has 2 fully saturated rings. The van der Waals surface area contributed by atoms with Gasteiger partial charge in [-0.2, -0.15) is 0 Å². The number of ketones is 2. The van der Waals surface area contributed by atoms with Gasteiger partial charge in [0.1, 0.15) is 0 Å². The van der Waals surface area contributed by atoms with Gasteiger partial charge >= 0.3 is 11.9 Å². The Bertz CT molecular complexity index is 384. The molecule has 80 valence electrons. The van der Waals surface area contributed by atoms with Crippen LogP contribution in [0.3, 0.4) is 0 Å². The van der Waals surface area contributed by atoms with E-state index in [2.05, 4.69) is 4.74 Å². The van der Waals surface area contributed by atoms with Crippen molar-refractivity contribution in [2.75, 3.05) is 0 Å². The fraction of sp³-hybridized carbons (Fsp3) is 0.556. The minimum Gasteiger partial charge on any atom is -0.390 e. The van der Waals surface area contributed by atoms with Gasteiger partial charge in [0.05, 0.1) is 0 Å². The molecule has 0 radical (unpaired) electrons. The van der Waals surface area contributed by atoms with Gasteiger partial charge in [0.15, 0.2) is 17.5 Å². The zero-order valence-electron chi connectivity index (χ0n) is 7.69. The van der Waals surface area contributed by atoms with E-state index in [1.54, 1.807) is 0 Å². The Labute approximate surface area is 84.2 Å². The molecule has 0 bridgehead atoms. The van der Waals surface area contributed by atoms with Crippen molar-refractivity contribution in [3.8, 4) is 0 Å². The highest BCUT2D eigenvalue weighted by Gasteiger charge is 2.64. The van der Waals surface area contributed by atoms with Gasteiger partial charge in [0.25, 0.3) is 0 Å². The Morgan fingerprint density at radius 1 is 1.20 bits per heavy atom. The summed E-state index contributed by atoms with van der Waals surface area (Å²) in [5.74, 6) is -5.52. The number of hydrogen-bond acceptors (Lipinski definition) is 6. The van der Waals surface area contributed by atoms with Gasteiger partial charge in [-0.3, -0.25) is 14.4 Å². The molecule has 6 heteroatoms. The van der Waals surface area contributed by atoms with E-state index in [1.165, 1.54) is 0 Å². The van der Waals surface area contributed by atoms with Crippen LogP contribution in [0, 0.1) is 5.92 Å². The number of esters is 2. The summed E-state index contributed by atoms with van der Waals surface area (Å²) in [6.45, 7) is 0. The summed E-state index contributed by atoms with van der Waals surface area (Å²) >= 11 is 0. The summed E-state index contributed by atoms with van der Waals surface area (Å²) in [6, 6.07) is 0. The average Bonchev–Trinajstić information content (AvgIpc) is 2.30. The summed E-state index contributed by atoms with van der Waals surface area (Å²) in [6.07, 6.45) is 0.152. The van der Waals surface area contributed by atoms with E-state index in [9.17, 15) is 24.3 Å². The quantitative estimate of drug-likeness (QED) is 0.397. The Kier molecular flexibility index (Phi) is 1.97. The molecule has 0 spiro atoms. The molecule has 1 saturated heterocycles. The molecule has 1 saturated carbocycles. The first kappa shape index (κ1) is 9.97. The molecular formula is C9H8O6. The second-order valence-corrected chi connectivity index (χ2v) is 3.65. The van der Waals surface area contributed by atoms with E-state index in [0.717, 1.165) is 0 Å². The maximum Gasteiger partial charge on any atom is 0.355 e. The third-order valence-electron chi connectivity index (χ3n) is 2.73. The van der Waals surface area contributed by atoms with Gasteiger partial charge in [-0.05, 0) is 6.42 Å². The number of Topliss-reactive ketones (excluding diaryl/α,β-unsaturated/α-hetero) is 2. The molecule has 1 aliphatic heterocycles. The van der Waals surface area contributed by atoms with Crippen LogP contribution in [0.15, 0.2) is 0 Å². The molecule has 1 N–H and O–H groups in total. The molecule has 2 aliphatic rings. The third kappa shape index (κ3) is 1.14. The van der Waals surface area contributed by atoms with Gasteiger partial charge in [0, 0.05) is 12.8 Å². The molecule has 2 rings (SSSR count). The molecule has 1 heterocycles. The third-order valence-corrected chi connectivity index (χ3v) is 2.73. The van der Waals surface area contributed by atoms with Crippen LogP contribution in [0.25, 0.3) is 0 Å². The Hall–Kier alpha value is -1.56. The summed E-state index contributed by atoms with van der Waals surface area (Å²) in [5.41, 5.74) is -2.56. The Balaban J connectivity index is 2.54. The zero-order valence-corrected chi connectivity index (χ0v) is 7.69. The predicted octanol–water partition coefficient (Wildman–Crippen LogP) is -1.26. The van der Waals surface area contributed by atoms with Crippen molar-refractivity contribution >= 4 is 23.5 Å². The van der Waals surface area contributed by atoms with Gasteiger partial charge in [0.2, 0.25) is 5.60 Å². The van der Waals surface area contributed by atoms with Crippen molar-refractivity contribution in [1.82, 2.24) is 0 Å². The van der Waals surface area contributed by atoms with Crippen LogP contribution in [0.4, 0.5) is 0 Å². The lowest BCUT2D eigenvalue weighted by Gasteiger charge is -2.17. The molecule has 6 nitrogen and oxygen atoms in total. The van der Waals surface area contributed by atoms with Gasteiger partial charge < -0.3 is 9.84 Å². The van der Waals surface area contributed by atoms with Crippen LogP contribution in [-0.2, 0) is 23.9 Å². The standard InChI is InChI=1S/C9H8O6/c10-4-2-1-3-5(11)9(14)6(4)7(12)15-8(9)13/h6,14H,1-3H2. The lowest BCUT2D eigenvalue weighted by molar-refractivity contribution is -0.163. The fourth-order valence-corrected chi connectivity index (χ4v) is 1.91. The molecule has 0 aromatic heterocycles. The second kappa shape index (κ2) is 2.96. The second-order valence-electron chi connectivity index (χ2n) is 3.65. The number of carbonyl (C=O) groups excluding carboxylic acids is 4. The maximum absolute atomic E-state index is 11.5. The number of carbonyl (C=O) groups is 4. The highest BCUT2D eigenvalue weighted by molar-refractivity contribution is 6.24. The minimum absolute atomic E-state index is 0.00109. The van der Waals surface area contributed by atoms with E-state index >= 15 is 0 Å². The highest BCUT2D eigenvalue weighted by atomic mass is 16.6. The maximum atomic E-state index is 11.5. The van der Waals surface area contributed by atoms with Crippen LogP contribution in [0.1, 0.15) is 19.3 Å². The summed E-state index contributed by atoms with van der Waals surface area (Å²) in [7, 11) is 0. The first-order chi connectivity index (χ1) is 6.98. The molecule has 2 unspecified atom stereocenters. The van der Waals surface area contributed by atoms with E-state index < -0.39 is 35.0 Å². The number of ether oxygens (including phenoxy) is 1. The monoisotopic (exact) mass is 212 g/mol. The zero-order chi connectivity index (χ0) is 11.2. The Morgan fingerprint density at radius 3 is 2.53 bits per heavy atom. The highest BCUT2D eigenvalue weighted by Crippen LogP contribution is 2.34. The fourth-order valence-electron chi connectivity index (χ4n) is 1.91. The van der Waals surface area contributed by atoms with Crippen molar-refractivity contribution in [2.45, 2.75) is 24.9 Å². The van der Waals surface area contributed by atoms with Crippen molar-refractivity contribution in [2.24, 2.45) is 5.92 Å². The van der Waals surface area contributed by atoms with Crippen LogP contribution in [0.2, 0.25) is 0 Å². The topological polar surface area (TPSA) is 97.7 Å². The van der Waals surface area contributed by atoms with Crippen LogP contribution >= 0.6 is 0 Å². The van der Waals surface area contributed by atoms with Crippen LogP contribution in [0.5, 0.6) is 0 Å². The molecule has 2 atom stereocenters. The largest absolute Gasteiger partial charge is 0.390 e.